The van der Waals surface area contributed by atoms with E-state index in [-0.39, 0.29) is 5.02 Å². The molecule has 1 heterocycles. The molecule has 1 aromatic carbocycles. The minimum absolute atomic E-state index is 0.107. The molecule has 0 aliphatic rings. The fourth-order valence-corrected chi connectivity index (χ4v) is 2.08. The van der Waals surface area contributed by atoms with Gasteiger partial charge in [0.25, 0.3) is 0 Å². The average molecular weight is 319 g/mol. The summed E-state index contributed by atoms with van der Waals surface area (Å²) in [5.74, 6) is 0.187. The van der Waals surface area contributed by atoms with Crippen molar-refractivity contribution in [3.05, 3.63) is 57.2 Å². The quantitative estimate of drug-likeness (QED) is 0.926. The topological polar surface area (TPSA) is 39.2 Å². The smallest absolute Gasteiger partial charge is 0.169 e. The maximum Gasteiger partial charge on any atom is 0.169 e. The molecule has 5 heteroatoms. The van der Waals surface area contributed by atoms with E-state index in [2.05, 4.69) is 15.9 Å². The van der Waals surface area contributed by atoms with E-state index in [0.29, 0.717) is 22.4 Å². The second-order valence-electron chi connectivity index (χ2n) is 3.67. The van der Waals surface area contributed by atoms with Crippen LogP contribution in [0.1, 0.15) is 17.4 Å². The number of nitrogens with two attached hydrogens (primary N) is 1. The van der Waals surface area contributed by atoms with Crippen molar-refractivity contribution in [2.75, 3.05) is 0 Å². The molecule has 17 heavy (non-hydrogen) atoms. The Morgan fingerprint density at radius 2 is 2.12 bits per heavy atom. The number of furan rings is 1. The summed E-state index contributed by atoms with van der Waals surface area (Å²) in [7, 11) is 0. The summed E-state index contributed by atoms with van der Waals surface area (Å²) in [5.41, 5.74) is 6.42. The highest BCUT2D eigenvalue weighted by atomic mass is 79.9. The highest BCUT2D eigenvalue weighted by molar-refractivity contribution is 9.10. The van der Waals surface area contributed by atoms with Crippen molar-refractivity contribution in [3.63, 3.8) is 0 Å². The SMILES string of the molecule is NC(Cc1cccc(Cl)c1F)c1ccc(Br)o1. The molecule has 0 amide bonds. The van der Waals surface area contributed by atoms with Crippen LogP contribution in [0, 0.1) is 5.82 Å². The van der Waals surface area contributed by atoms with Gasteiger partial charge in [0.05, 0.1) is 11.1 Å². The maximum atomic E-state index is 13.7. The van der Waals surface area contributed by atoms with E-state index in [1.165, 1.54) is 6.07 Å². The van der Waals surface area contributed by atoms with Gasteiger partial charge >= 0.3 is 0 Å². The molecule has 0 aliphatic carbocycles. The Morgan fingerprint density at radius 3 is 2.76 bits per heavy atom. The molecule has 0 saturated heterocycles. The molecule has 0 saturated carbocycles. The van der Waals surface area contributed by atoms with Crippen molar-refractivity contribution in [1.29, 1.82) is 0 Å². The van der Waals surface area contributed by atoms with Crippen molar-refractivity contribution in [2.24, 2.45) is 5.73 Å². The third-order valence-corrected chi connectivity index (χ3v) is 3.15. The highest BCUT2D eigenvalue weighted by Gasteiger charge is 2.14. The number of hydrogen-bond donors (Lipinski definition) is 1. The van der Waals surface area contributed by atoms with Crippen molar-refractivity contribution < 1.29 is 8.81 Å². The molecule has 2 nitrogen and oxygen atoms in total. The predicted molar refractivity (Wildman–Crippen MR) is 68.5 cm³/mol. The fourth-order valence-electron chi connectivity index (χ4n) is 1.57. The van der Waals surface area contributed by atoms with Gasteiger partial charge < -0.3 is 10.2 Å². The van der Waals surface area contributed by atoms with E-state index in [0.717, 1.165) is 0 Å². The number of hydrogen-bond acceptors (Lipinski definition) is 2. The summed E-state index contributed by atoms with van der Waals surface area (Å²) in [4.78, 5) is 0. The van der Waals surface area contributed by atoms with E-state index in [1.807, 2.05) is 0 Å². The summed E-state index contributed by atoms with van der Waals surface area (Å²) >= 11 is 8.90. The van der Waals surface area contributed by atoms with Crippen molar-refractivity contribution in [3.8, 4) is 0 Å². The molecule has 0 radical (unpaired) electrons. The first kappa shape index (κ1) is 12.6. The molecule has 90 valence electrons. The van der Waals surface area contributed by atoms with Crippen LogP contribution in [0.3, 0.4) is 0 Å². The molecule has 0 aliphatic heterocycles. The Hall–Kier alpha value is -0.840. The van der Waals surface area contributed by atoms with E-state index in [9.17, 15) is 4.39 Å². The van der Waals surface area contributed by atoms with Crippen molar-refractivity contribution in [2.45, 2.75) is 12.5 Å². The second kappa shape index (κ2) is 5.21. The van der Waals surface area contributed by atoms with Gasteiger partial charge in [-0.1, -0.05) is 23.7 Å². The highest BCUT2D eigenvalue weighted by Crippen LogP contribution is 2.25. The lowest BCUT2D eigenvalue weighted by atomic mass is 10.0. The van der Waals surface area contributed by atoms with E-state index >= 15 is 0 Å². The zero-order chi connectivity index (χ0) is 12.4. The lowest BCUT2D eigenvalue weighted by Gasteiger charge is -2.10. The van der Waals surface area contributed by atoms with Crippen LogP contribution in [0.15, 0.2) is 39.4 Å². The normalized spacial score (nSPS) is 12.7. The summed E-state index contributed by atoms with van der Waals surface area (Å²) in [5, 5.41) is 0.107. The Labute approximate surface area is 112 Å². The van der Waals surface area contributed by atoms with Crippen LogP contribution in [0.5, 0.6) is 0 Å². The standard InChI is InChI=1S/C12H10BrClFNO/c13-11-5-4-10(17-11)9(16)6-7-2-1-3-8(14)12(7)15/h1-5,9H,6,16H2. The first-order valence-corrected chi connectivity index (χ1v) is 6.18. The van der Waals surface area contributed by atoms with Crippen LogP contribution in [0.2, 0.25) is 5.02 Å². The monoisotopic (exact) mass is 317 g/mol. The van der Waals surface area contributed by atoms with Gasteiger partial charge in [0.2, 0.25) is 0 Å². The number of halogens is 3. The van der Waals surface area contributed by atoms with Crippen LogP contribution >= 0.6 is 27.5 Å². The largest absolute Gasteiger partial charge is 0.453 e. The van der Waals surface area contributed by atoms with Crippen LogP contribution in [-0.2, 0) is 6.42 Å². The third-order valence-electron chi connectivity index (χ3n) is 2.43. The molecule has 1 unspecified atom stereocenters. The molecule has 2 rings (SSSR count). The summed E-state index contributed by atoms with van der Waals surface area (Å²) < 4.78 is 19.6. The minimum Gasteiger partial charge on any atom is -0.453 e. The van der Waals surface area contributed by atoms with Crippen LogP contribution in [0.25, 0.3) is 0 Å². The molecular weight excluding hydrogens is 308 g/mol. The van der Waals surface area contributed by atoms with Gasteiger partial charge in [-0.05, 0) is 46.1 Å². The zero-order valence-electron chi connectivity index (χ0n) is 8.79. The Morgan fingerprint density at radius 1 is 1.35 bits per heavy atom. The van der Waals surface area contributed by atoms with Gasteiger partial charge in [-0.25, -0.2) is 4.39 Å². The zero-order valence-corrected chi connectivity index (χ0v) is 11.1. The van der Waals surface area contributed by atoms with Gasteiger partial charge in [0.1, 0.15) is 11.6 Å². The van der Waals surface area contributed by atoms with Gasteiger partial charge in [-0.3, -0.25) is 0 Å². The minimum atomic E-state index is -0.421. The Bertz CT molecular complexity index is 529. The number of rotatable bonds is 3. The van der Waals surface area contributed by atoms with Crippen molar-refractivity contribution in [1.82, 2.24) is 0 Å². The first-order valence-electron chi connectivity index (χ1n) is 5.01. The van der Waals surface area contributed by atoms with Crippen molar-refractivity contribution >= 4 is 27.5 Å². The average Bonchev–Trinajstić information content (AvgIpc) is 2.72. The van der Waals surface area contributed by atoms with E-state index < -0.39 is 11.9 Å². The van der Waals surface area contributed by atoms with Gasteiger partial charge in [-0.2, -0.15) is 0 Å². The summed E-state index contributed by atoms with van der Waals surface area (Å²) in [6.07, 6.45) is 0.340. The molecule has 0 fully saturated rings. The Kier molecular flexibility index (Phi) is 3.86. The lowest BCUT2D eigenvalue weighted by molar-refractivity contribution is 0.445. The molecule has 2 N–H and O–H groups in total. The maximum absolute atomic E-state index is 13.7. The van der Waals surface area contributed by atoms with Crippen LogP contribution < -0.4 is 5.73 Å². The van der Waals surface area contributed by atoms with Gasteiger partial charge in [0, 0.05) is 0 Å². The third kappa shape index (κ3) is 2.89. The molecule has 1 aromatic heterocycles. The fraction of sp³-hybridized carbons (Fsp3) is 0.167. The Balaban J connectivity index is 2.18. The molecule has 0 bridgehead atoms. The lowest BCUT2D eigenvalue weighted by Crippen LogP contribution is -2.13. The van der Waals surface area contributed by atoms with E-state index in [1.54, 1.807) is 24.3 Å². The van der Waals surface area contributed by atoms with Gasteiger partial charge in [0.15, 0.2) is 4.67 Å². The van der Waals surface area contributed by atoms with Crippen LogP contribution in [0.4, 0.5) is 4.39 Å². The van der Waals surface area contributed by atoms with Crippen LogP contribution in [-0.4, -0.2) is 0 Å². The number of benzene rings is 1. The second-order valence-corrected chi connectivity index (χ2v) is 4.85. The van der Waals surface area contributed by atoms with E-state index in [4.69, 9.17) is 21.8 Å². The van der Waals surface area contributed by atoms with Gasteiger partial charge in [-0.15, -0.1) is 0 Å². The summed E-state index contributed by atoms with van der Waals surface area (Å²) in [6.45, 7) is 0. The predicted octanol–water partition coefficient (Wildman–Crippen LogP) is 4.08. The molecule has 1 atom stereocenters. The molecule has 0 spiro atoms. The molecular formula is C12H10BrClFNO. The summed E-state index contributed by atoms with van der Waals surface area (Å²) in [6, 6.07) is 8.00. The first-order chi connectivity index (χ1) is 8.08. The molecule has 2 aromatic rings.